The summed E-state index contributed by atoms with van der Waals surface area (Å²) in [5.74, 6) is 0.0394. The van der Waals surface area contributed by atoms with E-state index in [0.717, 1.165) is 15.7 Å². The molecule has 1 N–H and O–H groups in total. The van der Waals surface area contributed by atoms with E-state index in [0.29, 0.717) is 27.3 Å². The van der Waals surface area contributed by atoms with Gasteiger partial charge in [-0.25, -0.2) is 9.36 Å². The minimum Gasteiger partial charge on any atom is -0.495 e. The van der Waals surface area contributed by atoms with Gasteiger partial charge < -0.3 is 10.1 Å². The van der Waals surface area contributed by atoms with E-state index < -0.39 is 11.2 Å². The van der Waals surface area contributed by atoms with Gasteiger partial charge in [-0.15, -0.1) is 11.3 Å². The van der Waals surface area contributed by atoms with Crippen molar-refractivity contribution in [3.63, 3.8) is 0 Å². The highest BCUT2D eigenvalue weighted by Gasteiger charge is 2.19. The minimum atomic E-state index is -0.600. The zero-order valence-electron chi connectivity index (χ0n) is 17.3. The largest absolute Gasteiger partial charge is 0.495 e. The molecule has 0 aliphatic heterocycles. The Labute approximate surface area is 182 Å². The number of aryl methyl sites for hydroxylation is 2. The number of rotatable bonds is 5. The number of nitrogens with zero attached hydrogens (tertiary/aromatic N) is 2. The first-order valence-electron chi connectivity index (χ1n) is 9.64. The van der Waals surface area contributed by atoms with Gasteiger partial charge in [0, 0.05) is 5.69 Å². The van der Waals surface area contributed by atoms with Gasteiger partial charge in [-0.05, 0) is 54.6 Å². The molecule has 0 spiro atoms. The molecule has 0 atom stereocenters. The molecule has 0 saturated heterocycles. The third-order valence-electron chi connectivity index (χ3n) is 5.05. The highest BCUT2D eigenvalue weighted by molar-refractivity contribution is 7.17. The van der Waals surface area contributed by atoms with Crippen molar-refractivity contribution >= 4 is 33.1 Å². The van der Waals surface area contributed by atoms with Gasteiger partial charge in [0.2, 0.25) is 5.91 Å². The van der Waals surface area contributed by atoms with Crippen LogP contribution in [0.25, 0.3) is 15.9 Å². The fourth-order valence-corrected chi connectivity index (χ4v) is 4.29. The van der Waals surface area contributed by atoms with E-state index in [1.807, 2.05) is 32.0 Å². The fraction of sp³-hybridized carbons (Fsp3) is 0.174. The van der Waals surface area contributed by atoms with Gasteiger partial charge in [0.15, 0.2) is 0 Å². The van der Waals surface area contributed by atoms with Crippen LogP contribution in [0.4, 0.5) is 5.69 Å². The normalized spacial score (nSPS) is 10.9. The number of hydrogen-bond donors (Lipinski definition) is 1. The Kier molecular flexibility index (Phi) is 5.48. The van der Waals surface area contributed by atoms with Crippen LogP contribution in [-0.4, -0.2) is 22.2 Å². The quantitative estimate of drug-likeness (QED) is 0.520. The van der Waals surface area contributed by atoms with Gasteiger partial charge in [0.05, 0.1) is 18.3 Å². The van der Waals surface area contributed by atoms with Gasteiger partial charge in [-0.2, -0.15) is 0 Å². The van der Waals surface area contributed by atoms with E-state index in [4.69, 9.17) is 4.74 Å². The van der Waals surface area contributed by atoms with E-state index in [1.54, 1.807) is 35.7 Å². The van der Waals surface area contributed by atoms with E-state index in [-0.39, 0.29) is 12.5 Å². The first kappa shape index (κ1) is 20.6. The van der Waals surface area contributed by atoms with E-state index in [2.05, 4.69) is 5.32 Å². The van der Waals surface area contributed by atoms with Crippen LogP contribution in [0.15, 0.2) is 63.5 Å². The second kappa shape index (κ2) is 8.23. The standard InChI is InChI=1S/C23H21N3O4S/c1-14-8-9-15(2)16(12-14)24-20(27)13-25-18-10-11-31-21(18)22(28)26(23(25)29)17-6-4-5-7-19(17)30-3/h4-12H,13H2,1-3H3,(H,24,27). The predicted molar refractivity (Wildman–Crippen MR) is 123 cm³/mol. The summed E-state index contributed by atoms with van der Waals surface area (Å²) in [6.45, 7) is 3.62. The molecule has 0 aliphatic carbocycles. The first-order valence-corrected chi connectivity index (χ1v) is 10.5. The number of benzene rings is 2. The smallest absolute Gasteiger partial charge is 0.336 e. The molecule has 0 radical (unpaired) electrons. The summed E-state index contributed by atoms with van der Waals surface area (Å²) in [7, 11) is 1.48. The molecule has 8 heteroatoms. The minimum absolute atomic E-state index is 0.227. The number of methoxy groups -OCH3 is 1. The summed E-state index contributed by atoms with van der Waals surface area (Å²) in [5.41, 5.74) is 2.36. The molecule has 4 rings (SSSR count). The van der Waals surface area contributed by atoms with Crippen LogP contribution in [-0.2, 0) is 11.3 Å². The molecule has 7 nitrogen and oxygen atoms in total. The average molecular weight is 436 g/mol. The van der Waals surface area contributed by atoms with Crippen molar-refractivity contribution in [2.24, 2.45) is 0 Å². The molecule has 1 amide bonds. The number of anilines is 1. The number of carbonyl (C=O) groups excluding carboxylic acids is 1. The van der Waals surface area contributed by atoms with Crippen LogP contribution < -0.4 is 21.3 Å². The van der Waals surface area contributed by atoms with Crippen molar-refractivity contribution in [2.45, 2.75) is 20.4 Å². The molecule has 4 aromatic rings. The molecule has 2 heterocycles. The van der Waals surface area contributed by atoms with Crippen LogP contribution in [0.1, 0.15) is 11.1 Å². The zero-order valence-corrected chi connectivity index (χ0v) is 18.2. The first-order chi connectivity index (χ1) is 14.9. The van der Waals surface area contributed by atoms with E-state index in [9.17, 15) is 14.4 Å². The van der Waals surface area contributed by atoms with Crippen LogP contribution >= 0.6 is 11.3 Å². The lowest BCUT2D eigenvalue weighted by molar-refractivity contribution is -0.116. The Morgan fingerprint density at radius 2 is 1.87 bits per heavy atom. The van der Waals surface area contributed by atoms with Crippen molar-refractivity contribution in [1.82, 2.24) is 9.13 Å². The number of nitrogens with one attached hydrogen (secondary N) is 1. The van der Waals surface area contributed by atoms with Gasteiger partial charge in [0.25, 0.3) is 5.56 Å². The number of aromatic nitrogens is 2. The summed E-state index contributed by atoms with van der Waals surface area (Å²) < 4.78 is 8.12. The fourth-order valence-electron chi connectivity index (χ4n) is 3.47. The number of amides is 1. The lowest BCUT2D eigenvalue weighted by atomic mass is 10.1. The highest BCUT2D eigenvalue weighted by Crippen LogP contribution is 2.22. The molecule has 0 bridgehead atoms. The van der Waals surface area contributed by atoms with Crippen LogP contribution in [0.2, 0.25) is 0 Å². The Morgan fingerprint density at radius 1 is 1.10 bits per heavy atom. The van der Waals surface area contributed by atoms with Crippen molar-refractivity contribution in [3.05, 3.63) is 85.9 Å². The Bertz CT molecular complexity index is 1410. The summed E-state index contributed by atoms with van der Waals surface area (Å²) in [5, 5.41) is 4.61. The molecule has 2 aromatic carbocycles. The topological polar surface area (TPSA) is 82.3 Å². The lowest BCUT2D eigenvalue weighted by Crippen LogP contribution is -2.40. The Hall–Kier alpha value is -3.65. The molecule has 31 heavy (non-hydrogen) atoms. The van der Waals surface area contributed by atoms with Crippen LogP contribution in [0.5, 0.6) is 5.75 Å². The molecule has 2 aromatic heterocycles. The van der Waals surface area contributed by atoms with E-state index >= 15 is 0 Å². The summed E-state index contributed by atoms with van der Waals surface area (Å²) in [4.78, 5) is 39.3. The molecule has 0 saturated carbocycles. The van der Waals surface area contributed by atoms with Gasteiger partial charge in [0.1, 0.15) is 17.0 Å². The maximum absolute atomic E-state index is 13.4. The number of ether oxygens (including phenoxy) is 1. The van der Waals surface area contributed by atoms with Crippen LogP contribution in [0.3, 0.4) is 0 Å². The molecule has 158 valence electrons. The predicted octanol–water partition coefficient (Wildman–Crippen LogP) is 3.48. The zero-order chi connectivity index (χ0) is 22.1. The maximum atomic E-state index is 13.4. The van der Waals surface area contributed by atoms with Crippen molar-refractivity contribution < 1.29 is 9.53 Å². The summed E-state index contributed by atoms with van der Waals surface area (Å²) >= 11 is 1.23. The molecule has 0 fully saturated rings. The number of fused-ring (bicyclic) bond motifs is 1. The molecule has 0 unspecified atom stereocenters. The summed E-state index contributed by atoms with van der Waals surface area (Å²) in [6, 6.07) is 14.3. The number of hydrogen-bond acceptors (Lipinski definition) is 5. The second-order valence-electron chi connectivity index (χ2n) is 7.18. The molecular formula is C23H21N3O4S. The van der Waals surface area contributed by atoms with Crippen molar-refractivity contribution in [2.75, 3.05) is 12.4 Å². The Morgan fingerprint density at radius 3 is 2.65 bits per heavy atom. The van der Waals surface area contributed by atoms with Gasteiger partial charge >= 0.3 is 5.69 Å². The maximum Gasteiger partial charge on any atom is 0.336 e. The third-order valence-corrected chi connectivity index (χ3v) is 5.94. The Balaban J connectivity index is 1.82. The van der Waals surface area contributed by atoms with Crippen LogP contribution in [0, 0.1) is 13.8 Å². The molecule has 0 aliphatic rings. The van der Waals surface area contributed by atoms with Gasteiger partial charge in [-0.3, -0.25) is 14.2 Å². The number of thiophene rings is 1. The average Bonchev–Trinajstić information content (AvgIpc) is 3.24. The second-order valence-corrected chi connectivity index (χ2v) is 8.10. The highest BCUT2D eigenvalue weighted by atomic mass is 32.1. The monoisotopic (exact) mass is 435 g/mol. The number of carbonyl (C=O) groups is 1. The lowest BCUT2D eigenvalue weighted by Gasteiger charge is -2.15. The van der Waals surface area contributed by atoms with Crippen molar-refractivity contribution in [3.8, 4) is 11.4 Å². The van der Waals surface area contributed by atoms with Crippen molar-refractivity contribution in [1.29, 1.82) is 0 Å². The number of para-hydroxylation sites is 2. The SMILES string of the molecule is COc1ccccc1-n1c(=O)c2sccc2n(CC(=O)Nc2cc(C)ccc2C)c1=O. The molecular weight excluding hydrogens is 414 g/mol. The van der Waals surface area contributed by atoms with Gasteiger partial charge in [-0.1, -0.05) is 24.3 Å². The summed E-state index contributed by atoms with van der Waals surface area (Å²) in [6.07, 6.45) is 0. The third kappa shape index (κ3) is 3.77. The van der Waals surface area contributed by atoms with E-state index in [1.165, 1.54) is 23.0 Å².